The van der Waals surface area contributed by atoms with Crippen LogP contribution in [-0.4, -0.2) is 125 Å². The molecule has 7 aromatic heterocycles. The standard InChI is InChI=1S/2C21H21F3N2.2C20H20F3N3.C20H21FN2/c1-25-12-11-19-17(14-25)16-8-5-9-18(21(22,23)24)20(16)26(19)13-10-15-6-3-2-4-7-15;1-25-11-10-20-18(14-25)17-13-16(21(22,23)24)7-8-19(17)26(20)12-9-15-5-3-2-4-6-15;1-25-10-8-18-16(13-25)15-5-2-6-17(20(21,22)23)19(15)26(18)11-7-14-4-3-9-24-12-14;1-25-9-7-19-17(13-25)16-11-15(20(21,22)23)4-5-18(16)26(19)10-6-14-3-2-8-24-12-14;1-22-12-11-19-17(14-22)16-8-5-9-18(21)20(16)23(19)13-10-15-6-3-2-4-7-15/h2-9H,10-14H2,1H3;2-8,13H,9-12,14H2,1H3;2-6,9,12H,7-8,10-11,13H2,1H3;2-5,8,11-12H,6-7,9-10,13H2,1H3;2-9H,10-14H2,1H3. The number of hydrogen-bond donors (Lipinski definition) is 0. The molecule has 0 aliphatic carbocycles. The van der Waals surface area contributed by atoms with Crippen LogP contribution in [0.5, 0.6) is 0 Å². The molecule has 0 bridgehead atoms. The van der Waals surface area contributed by atoms with Crippen LogP contribution >= 0.6 is 0 Å². The highest BCUT2D eigenvalue weighted by Crippen LogP contribution is 2.45. The lowest BCUT2D eigenvalue weighted by Gasteiger charge is -2.24. The van der Waals surface area contributed by atoms with Crippen LogP contribution in [0.15, 0.2) is 231 Å². The topological polar surface area (TPSA) is 66.6 Å². The van der Waals surface area contributed by atoms with E-state index in [4.69, 9.17) is 0 Å². The number of aromatic nitrogens is 7. The van der Waals surface area contributed by atoms with Crippen molar-refractivity contribution in [2.45, 2.75) is 154 Å². The minimum Gasteiger partial charge on any atom is -0.344 e. The molecule has 0 atom stereocenters. The maximum Gasteiger partial charge on any atom is 0.418 e. The second kappa shape index (κ2) is 37.9. The summed E-state index contributed by atoms with van der Waals surface area (Å²) in [6.45, 7) is 11.7. The van der Waals surface area contributed by atoms with Crippen LogP contribution in [-0.2, 0) is 154 Å². The zero-order valence-corrected chi connectivity index (χ0v) is 71.9. The fourth-order valence-electron chi connectivity index (χ4n) is 19.3. The van der Waals surface area contributed by atoms with Gasteiger partial charge in [-0.3, -0.25) is 9.97 Å². The average molecular weight is 1740 g/mol. The molecule has 127 heavy (non-hydrogen) atoms. The summed E-state index contributed by atoms with van der Waals surface area (Å²) in [5.41, 5.74) is 18.1. The Hall–Kier alpha value is -11.4. The van der Waals surface area contributed by atoms with Crippen LogP contribution in [0.2, 0.25) is 0 Å². The van der Waals surface area contributed by atoms with Gasteiger partial charge in [0.25, 0.3) is 0 Å². The van der Waals surface area contributed by atoms with Crippen molar-refractivity contribution in [1.82, 2.24) is 57.3 Å². The SMILES string of the molecule is CN1CCc2c(c3cc(C(F)(F)F)ccc3n2CCc2ccccc2)C1.CN1CCc2c(c3cc(C(F)(F)F)ccc3n2CCc2cccnc2)C1.CN1CCc2c(c3cccc(C(F)(F)F)c3n2CCc2ccccc2)C1.CN1CCc2c(c3cccc(C(F)(F)F)c3n2CCc2cccnc2)C1.CN1CCc2c(c3cccc(F)c3n2CCc2ccccc2)C1. The summed E-state index contributed by atoms with van der Waals surface area (Å²) in [5, 5.41) is 4.03. The van der Waals surface area contributed by atoms with Gasteiger partial charge in [0.15, 0.2) is 0 Å². The molecule has 0 fully saturated rings. The van der Waals surface area contributed by atoms with Crippen LogP contribution < -0.4 is 0 Å². The number of halogens is 13. The van der Waals surface area contributed by atoms with Gasteiger partial charge in [-0.15, -0.1) is 0 Å². The van der Waals surface area contributed by atoms with E-state index >= 15 is 0 Å². The molecule has 0 radical (unpaired) electrons. The largest absolute Gasteiger partial charge is 0.418 e. The normalized spacial score (nSPS) is 15.3. The maximum atomic E-state index is 14.5. The second-order valence-corrected chi connectivity index (χ2v) is 34.2. The first-order valence-corrected chi connectivity index (χ1v) is 43.4. The third-order valence-electron chi connectivity index (χ3n) is 25.6. The van der Waals surface area contributed by atoms with Crippen molar-refractivity contribution in [1.29, 1.82) is 0 Å². The van der Waals surface area contributed by atoms with Crippen molar-refractivity contribution >= 4 is 54.5 Å². The van der Waals surface area contributed by atoms with Crippen LogP contribution in [0.1, 0.15) is 106 Å². The highest BCUT2D eigenvalue weighted by Gasteiger charge is 2.40. The van der Waals surface area contributed by atoms with Crippen molar-refractivity contribution in [3.05, 3.63) is 343 Å². The monoisotopic (exact) mass is 1740 g/mol. The quantitative estimate of drug-likeness (QED) is 0.0948. The number of nitrogens with zero attached hydrogens (tertiary/aromatic N) is 12. The number of benzene rings is 8. The number of aryl methyl sites for hydroxylation is 10. The van der Waals surface area contributed by atoms with Crippen molar-refractivity contribution < 1.29 is 57.1 Å². The molecule has 20 rings (SSSR count). The summed E-state index contributed by atoms with van der Waals surface area (Å²) in [7, 11) is 10.2. The first-order valence-electron chi connectivity index (χ1n) is 43.4. The molecule has 8 aromatic carbocycles. The zero-order chi connectivity index (χ0) is 89.1. The number of alkyl halides is 12. The Bertz CT molecular complexity index is 6000. The Kier molecular flexibility index (Phi) is 26.6. The van der Waals surface area contributed by atoms with Crippen LogP contribution in [0.3, 0.4) is 0 Å². The van der Waals surface area contributed by atoms with Gasteiger partial charge < -0.3 is 47.3 Å². The summed E-state index contributed by atoms with van der Waals surface area (Å²) in [4.78, 5) is 19.2. The molecular formula is C102H103F13N12. The van der Waals surface area contributed by atoms with Gasteiger partial charge in [0.2, 0.25) is 0 Å². The Morgan fingerprint density at radius 3 is 0.874 bits per heavy atom. The first-order chi connectivity index (χ1) is 61.0. The number of hydrogen-bond acceptors (Lipinski definition) is 7. The number of fused-ring (bicyclic) bond motifs is 15. The minimum atomic E-state index is -4.36. The Morgan fingerprint density at radius 1 is 0.276 bits per heavy atom. The van der Waals surface area contributed by atoms with Gasteiger partial charge in [-0.25, -0.2) is 4.39 Å². The van der Waals surface area contributed by atoms with Crippen molar-refractivity contribution in [3.8, 4) is 0 Å². The van der Waals surface area contributed by atoms with E-state index < -0.39 is 47.0 Å². The number of rotatable bonds is 15. The maximum absolute atomic E-state index is 14.5. The lowest BCUT2D eigenvalue weighted by molar-refractivity contribution is -0.138. The summed E-state index contributed by atoms with van der Waals surface area (Å²) in [6.07, 6.45) is -2.02. The van der Waals surface area contributed by atoms with Crippen molar-refractivity contribution in [2.75, 3.05) is 68.0 Å². The molecule has 662 valence electrons. The minimum absolute atomic E-state index is 0.104. The fourth-order valence-corrected chi connectivity index (χ4v) is 19.3. The lowest BCUT2D eigenvalue weighted by Crippen LogP contribution is -2.27. The lowest BCUT2D eigenvalue weighted by atomic mass is 10.0. The molecular weight excluding hydrogens is 1640 g/mol. The van der Waals surface area contributed by atoms with E-state index in [0.29, 0.717) is 56.7 Å². The molecule has 0 N–H and O–H groups in total. The van der Waals surface area contributed by atoms with Crippen LogP contribution in [0, 0.1) is 5.82 Å². The van der Waals surface area contributed by atoms with Gasteiger partial charge in [0.05, 0.1) is 38.8 Å². The fraction of sp³-hybridized carbons (Fsp3) is 0.333. The zero-order valence-electron chi connectivity index (χ0n) is 71.9. The second-order valence-electron chi connectivity index (χ2n) is 34.2. The number of pyridine rings is 2. The van der Waals surface area contributed by atoms with Crippen molar-refractivity contribution in [3.63, 3.8) is 0 Å². The van der Waals surface area contributed by atoms with Crippen molar-refractivity contribution in [2.24, 2.45) is 0 Å². The van der Waals surface area contributed by atoms with E-state index in [0.717, 1.165) is 211 Å². The molecule has 0 saturated carbocycles. The predicted molar refractivity (Wildman–Crippen MR) is 476 cm³/mol. The summed E-state index contributed by atoms with van der Waals surface area (Å²) in [5.74, 6) is -0.104. The molecule has 0 unspecified atom stereocenters. The van der Waals surface area contributed by atoms with Gasteiger partial charge >= 0.3 is 24.7 Å². The average Bonchev–Trinajstić information content (AvgIpc) is 1.62. The molecule has 0 spiro atoms. The smallest absolute Gasteiger partial charge is 0.344 e. The number of para-hydroxylation sites is 3. The van der Waals surface area contributed by atoms with E-state index in [9.17, 15) is 57.1 Å². The van der Waals surface area contributed by atoms with E-state index in [-0.39, 0.29) is 5.82 Å². The van der Waals surface area contributed by atoms with E-state index in [2.05, 4.69) is 97.7 Å². The van der Waals surface area contributed by atoms with Gasteiger partial charge in [-0.1, -0.05) is 140 Å². The Balaban J connectivity index is 0.000000117. The van der Waals surface area contributed by atoms with Crippen LogP contribution in [0.25, 0.3) is 54.5 Å². The van der Waals surface area contributed by atoms with E-state index in [1.165, 1.54) is 82.3 Å². The van der Waals surface area contributed by atoms with Crippen LogP contribution in [0.4, 0.5) is 57.1 Å². The highest BCUT2D eigenvalue weighted by molar-refractivity contribution is 5.92. The molecule has 5 aliphatic rings. The molecule has 5 aliphatic heterocycles. The summed E-state index contributed by atoms with van der Waals surface area (Å²) in [6, 6.07) is 61.2. The Morgan fingerprint density at radius 2 is 0.559 bits per heavy atom. The molecule has 15 aromatic rings. The molecule has 0 saturated heterocycles. The summed E-state index contributed by atoms with van der Waals surface area (Å²) >= 11 is 0. The van der Waals surface area contributed by atoms with Gasteiger partial charge in [-0.2, -0.15) is 52.7 Å². The van der Waals surface area contributed by atoms with Gasteiger partial charge in [0, 0.05) is 221 Å². The molecule has 12 nitrogen and oxygen atoms in total. The molecule has 25 heteroatoms. The Labute approximate surface area is 730 Å². The first kappa shape index (κ1) is 89.1. The molecule has 12 heterocycles. The third-order valence-corrected chi connectivity index (χ3v) is 25.6. The molecule has 0 amide bonds. The summed E-state index contributed by atoms with van der Waals surface area (Å²) < 4.78 is 186. The number of likely N-dealkylation sites (N-methyl/N-ethyl adjacent to an activating group) is 5. The van der Waals surface area contributed by atoms with Gasteiger partial charge in [0.1, 0.15) is 5.82 Å². The predicted octanol–water partition coefficient (Wildman–Crippen LogP) is 22.4. The highest BCUT2D eigenvalue weighted by atomic mass is 19.4. The van der Waals surface area contributed by atoms with Gasteiger partial charge in [-0.05, 0) is 190 Å². The third kappa shape index (κ3) is 19.9. The van der Waals surface area contributed by atoms with E-state index in [1.54, 1.807) is 36.8 Å². The van der Waals surface area contributed by atoms with E-state index in [1.807, 2.05) is 141 Å².